The Morgan fingerprint density at radius 1 is 1.50 bits per heavy atom. The molecule has 1 aromatic rings. The summed E-state index contributed by atoms with van der Waals surface area (Å²) in [5, 5.41) is 9.49. The predicted molar refractivity (Wildman–Crippen MR) is 79.0 cm³/mol. The Hall–Kier alpha value is -0.940. The Balaban J connectivity index is 1.71. The summed E-state index contributed by atoms with van der Waals surface area (Å²) in [6.45, 7) is 2.90. The number of hydrogen-bond acceptors (Lipinski definition) is 4. The minimum atomic E-state index is -0.638. The van der Waals surface area contributed by atoms with E-state index < -0.39 is 5.97 Å². The topological polar surface area (TPSA) is 53.4 Å². The molecule has 1 aliphatic carbocycles. The normalized spacial score (nSPS) is 30.4. The van der Waals surface area contributed by atoms with Crippen LogP contribution in [0, 0.1) is 12.8 Å². The molecule has 1 saturated carbocycles. The zero-order valence-corrected chi connectivity index (χ0v) is 12.7. The van der Waals surface area contributed by atoms with Crippen LogP contribution in [0.5, 0.6) is 0 Å². The minimum absolute atomic E-state index is 0.267. The van der Waals surface area contributed by atoms with E-state index in [4.69, 9.17) is 0 Å². The lowest BCUT2D eigenvalue weighted by atomic mass is 9.85. The van der Waals surface area contributed by atoms with Gasteiger partial charge in [0.25, 0.3) is 0 Å². The van der Waals surface area contributed by atoms with Gasteiger partial charge < -0.3 is 5.11 Å². The Kier molecular flexibility index (Phi) is 4.08. The van der Waals surface area contributed by atoms with Crippen LogP contribution in [0.15, 0.2) is 5.51 Å². The Morgan fingerprint density at radius 2 is 2.30 bits per heavy atom. The third-order valence-corrected chi connectivity index (χ3v) is 5.94. The Bertz CT molecular complexity index is 488. The number of carbonyl (C=O) groups is 1. The summed E-state index contributed by atoms with van der Waals surface area (Å²) in [4.78, 5) is 19.4. The number of aromatic nitrogens is 1. The number of carboxylic acids is 1. The van der Waals surface area contributed by atoms with Crippen LogP contribution in [-0.4, -0.2) is 39.6 Å². The minimum Gasteiger partial charge on any atom is -0.480 e. The molecule has 3 rings (SSSR count). The number of aryl methyl sites for hydroxylation is 1. The summed E-state index contributed by atoms with van der Waals surface area (Å²) in [6, 6.07) is 0.231. The van der Waals surface area contributed by atoms with Crippen LogP contribution in [0.1, 0.15) is 42.7 Å². The van der Waals surface area contributed by atoms with Gasteiger partial charge in [0.1, 0.15) is 6.04 Å². The second-order valence-electron chi connectivity index (χ2n) is 6.05. The molecular weight excluding hydrogens is 272 g/mol. The van der Waals surface area contributed by atoms with Crippen molar-refractivity contribution in [2.24, 2.45) is 5.92 Å². The largest absolute Gasteiger partial charge is 0.480 e. The van der Waals surface area contributed by atoms with E-state index in [0.29, 0.717) is 12.0 Å². The number of aliphatic carboxylic acids is 1. The van der Waals surface area contributed by atoms with Crippen LogP contribution in [0.25, 0.3) is 0 Å². The third kappa shape index (κ3) is 2.61. The number of carboxylic acid groups (broad SMARTS) is 1. The number of hydrogen-bond donors (Lipinski definition) is 1. The van der Waals surface area contributed by atoms with Crippen molar-refractivity contribution in [2.75, 3.05) is 6.54 Å². The number of rotatable bonds is 4. The van der Waals surface area contributed by atoms with E-state index in [1.807, 2.05) is 12.4 Å². The van der Waals surface area contributed by atoms with Gasteiger partial charge in [-0.05, 0) is 38.5 Å². The maximum Gasteiger partial charge on any atom is 0.320 e. The standard InChI is InChI=1S/C15H22N2O2S/c1-10-14(20-9-16-10)6-7-17-12-5-3-2-4-11(12)8-13(17)15(18)19/h9,11-13H,2-8H2,1H3,(H,18,19)/t11-,12-,13-/m0/s1. The molecule has 0 amide bonds. The Morgan fingerprint density at radius 3 is 3.00 bits per heavy atom. The van der Waals surface area contributed by atoms with Crippen LogP contribution < -0.4 is 0 Å². The molecule has 0 bridgehead atoms. The molecule has 110 valence electrons. The van der Waals surface area contributed by atoms with Crippen molar-refractivity contribution in [3.8, 4) is 0 Å². The van der Waals surface area contributed by atoms with Crippen molar-refractivity contribution < 1.29 is 9.90 Å². The van der Waals surface area contributed by atoms with Crippen molar-refractivity contribution in [2.45, 2.75) is 57.5 Å². The van der Waals surface area contributed by atoms with E-state index in [9.17, 15) is 9.90 Å². The van der Waals surface area contributed by atoms with E-state index in [1.54, 1.807) is 11.3 Å². The van der Waals surface area contributed by atoms with E-state index in [1.165, 1.54) is 30.6 Å². The van der Waals surface area contributed by atoms with E-state index in [-0.39, 0.29) is 6.04 Å². The van der Waals surface area contributed by atoms with Crippen molar-refractivity contribution in [3.05, 3.63) is 16.1 Å². The molecule has 2 fully saturated rings. The van der Waals surface area contributed by atoms with Gasteiger partial charge >= 0.3 is 5.97 Å². The lowest BCUT2D eigenvalue weighted by molar-refractivity contribution is -0.142. The summed E-state index contributed by atoms with van der Waals surface area (Å²) < 4.78 is 0. The van der Waals surface area contributed by atoms with Crippen LogP contribution >= 0.6 is 11.3 Å². The molecule has 2 aliphatic rings. The molecule has 0 radical (unpaired) electrons. The quantitative estimate of drug-likeness (QED) is 0.927. The first kappa shape index (κ1) is 14.0. The fourth-order valence-corrected chi connectivity index (χ4v) is 4.68. The zero-order chi connectivity index (χ0) is 14.1. The fraction of sp³-hybridized carbons (Fsp3) is 0.733. The van der Waals surface area contributed by atoms with E-state index >= 15 is 0 Å². The highest BCUT2D eigenvalue weighted by Gasteiger charge is 2.44. The first-order valence-electron chi connectivity index (χ1n) is 7.54. The van der Waals surface area contributed by atoms with Gasteiger partial charge in [-0.2, -0.15) is 0 Å². The predicted octanol–water partition coefficient (Wildman–Crippen LogP) is 2.71. The molecule has 20 heavy (non-hydrogen) atoms. The van der Waals surface area contributed by atoms with Gasteiger partial charge in [0, 0.05) is 17.5 Å². The molecule has 2 heterocycles. The smallest absolute Gasteiger partial charge is 0.320 e. The molecule has 1 aromatic heterocycles. The van der Waals surface area contributed by atoms with Crippen LogP contribution in [0.2, 0.25) is 0 Å². The lowest BCUT2D eigenvalue weighted by Gasteiger charge is -2.32. The average Bonchev–Trinajstić information content (AvgIpc) is 3.00. The van der Waals surface area contributed by atoms with Gasteiger partial charge in [-0.3, -0.25) is 9.69 Å². The summed E-state index contributed by atoms with van der Waals surface area (Å²) in [5.41, 5.74) is 2.98. The maximum atomic E-state index is 11.5. The SMILES string of the molecule is Cc1ncsc1CCN1[C@H](C(=O)O)C[C@@H]2CCCC[C@@H]21. The van der Waals surface area contributed by atoms with Gasteiger partial charge in [-0.1, -0.05) is 12.8 Å². The van der Waals surface area contributed by atoms with Gasteiger partial charge in [0.2, 0.25) is 0 Å². The zero-order valence-electron chi connectivity index (χ0n) is 11.9. The molecule has 0 unspecified atom stereocenters. The molecule has 1 aliphatic heterocycles. The number of thiazole rings is 1. The first-order valence-corrected chi connectivity index (χ1v) is 8.42. The number of likely N-dealkylation sites (tertiary alicyclic amines) is 1. The molecule has 3 atom stereocenters. The van der Waals surface area contributed by atoms with Crippen LogP contribution in [0.3, 0.4) is 0 Å². The number of fused-ring (bicyclic) bond motifs is 1. The van der Waals surface area contributed by atoms with E-state index in [2.05, 4.69) is 9.88 Å². The average molecular weight is 294 g/mol. The molecule has 5 heteroatoms. The van der Waals surface area contributed by atoms with Gasteiger partial charge in [0.15, 0.2) is 0 Å². The van der Waals surface area contributed by atoms with Crippen LogP contribution in [0.4, 0.5) is 0 Å². The van der Waals surface area contributed by atoms with Crippen molar-refractivity contribution in [3.63, 3.8) is 0 Å². The summed E-state index contributed by atoms with van der Waals surface area (Å²) in [5.74, 6) is -0.0344. The molecule has 4 nitrogen and oxygen atoms in total. The second-order valence-corrected chi connectivity index (χ2v) is 6.99. The van der Waals surface area contributed by atoms with Crippen molar-refractivity contribution in [1.29, 1.82) is 0 Å². The molecular formula is C15H22N2O2S. The second kappa shape index (κ2) is 5.82. The molecule has 1 saturated heterocycles. The summed E-state index contributed by atoms with van der Waals surface area (Å²) in [6.07, 6.45) is 6.70. The summed E-state index contributed by atoms with van der Waals surface area (Å²) >= 11 is 1.69. The monoisotopic (exact) mass is 294 g/mol. The first-order chi connectivity index (χ1) is 9.66. The highest BCUT2D eigenvalue weighted by atomic mass is 32.1. The molecule has 0 aromatic carbocycles. The van der Waals surface area contributed by atoms with Gasteiger partial charge in [-0.25, -0.2) is 4.98 Å². The lowest BCUT2D eigenvalue weighted by Crippen LogP contribution is -2.43. The fourth-order valence-electron chi connectivity index (χ4n) is 3.91. The third-order valence-electron chi connectivity index (χ3n) is 4.95. The van der Waals surface area contributed by atoms with Gasteiger partial charge in [0.05, 0.1) is 11.2 Å². The summed E-state index contributed by atoms with van der Waals surface area (Å²) in [7, 11) is 0. The van der Waals surface area contributed by atoms with Gasteiger partial charge in [-0.15, -0.1) is 11.3 Å². The highest BCUT2D eigenvalue weighted by Crippen LogP contribution is 2.39. The maximum absolute atomic E-state index is 11.5. The Labute approximate surface area is 123 Å². The number of nitrogens with zero attached hydrogens (tertiary/aromatic N) is 2. The molecule has 1 N–H and O–H groups in total. The van der Waals surface area contributed by atoms with Crippen LogP contribution in [-0.2, 0) is 11.2 Å². The molecule has 0 spiro atoms. The van der Waals surface area contributed by atoms with Crippen molar-refractivity contribution >= 4 is 17.3 Å². The van der Waals surface area contributed by atoms with Crippen molar-refractivity contribution in [1.82, 2.24) is 9.88 Å². The van der Waals surface area contributed by atoms with E-state index in [0.717, 1.165) is 25.1 Å². The highest BCUT2D eigenvalue weighted by molar-refractivity contribution is 7.09.